The smallest absolute Gasteiger partial charge is 0.337 e. The summed E-state index contributed by atoms with van der Waals surface area (Å²) in [6.07, 6.45) is -17.5. The van der Waals surface area contributed by atoms with Crippen LogP contribution in [0.25, 0.3) is 0 Å². The molecule has 0 saturated carbocycles. The van der Waals surface area contributed by atoms with E-state index in [1.165, 1.54) is 0 Å². The summed E-state index contributed by atoms with van der Waals surface area (Å²) in [5.41, 5.74) is 0. The van der Waals surface area contributed by atoms with E-state index in [1.807, 2.05) is 0 Å². The van der Waals surface area contributed by atoms with Crippen molar-refractivity contribution in [1.29, 1.82) is 0 Å². The topological polar surface area (TPSA) is 9.23 Å². The highest BCUT2D eigenvalue weighted by Crippen LogP contribution is 2.42. The molecule has 16 heavy (non-hydrogen) atoms. The molecule has 9 heteroatoms. The van der Waals surface area contributed by atoms with Crippen LogP contribution in [0.5, 0.6) is 0 Å². The molecular formula is C7H8F8O. The van der Waals surface area contributed by atoms with Gasteiger partial charge in [0.2, 0.25) is 0 Å². The molecule has 0 spiro atoms. The van der Waals surface area contributed by atoms with Crippen LogP contribution in [-0.4, -0.2) is 31.0 Å². The van der Waals surface area contributed by atoms with Crippen LogP contribution in [0.4, 0.5) is 35.1 Å². The molecule has 0 fully saturated rings. The van der Waals surface area contributed by atoms with Crippen LogP contribution >= 0.6 is 0 Å². The third-order valence-electron chi connectivity index (χ3n) is 1.55. The van der Waals surface area contributed by atoms with Crippen molar-refractivity contribution in [2.45, 2.75) is 37.7 Å². The maximum absolute atomic E-state index is 13.0. The number of alkyl halides is 8. The lowest BCUT2D eigenvalue weighted by atomic mass is 10.1. The van der Waals surface area contributed by atoms with E-state index in [1.54, 1.807) is 0 Å². The van der Waals surface area contributed by atoms with Gasteiger partial charge in [0.1, 0.15) is 0 Å². The molecule has 0 aliphatic rings. The molecule has 98 valence electrons. The molecule has 0 rings (SSSR count). The average molecular weight is 260 g/mol. The van der Waals surface area contributed by atoms with Crippen molar-refractivity contribution in [3.8, 4) is 0 Å². The number of hydrogen-bond donors (Lipinski definition) is 0. The lowest BCUT2D eigenvalue weighted by molar-refractivity contribution is -0.358. The van der Waals surface area contributed by atoms with Crippen LogP contribution in [0.3, 0.4) is 0 Å². The minimum absolute atomic E-state index is 0.903. The molecule has 0 aromatic heterocycles. The molecule has 0 amide bonds. The molecule has 2 unspecified atom stereocenters. The Bertz CT molecular complexity index is 221. The van der Waals surface area contributed by atoms with Crippen LogP contribution in [-0.2, 0) is 4.74 Å². The molecule has 0 bridgehead atoms. The Morgan fingerprint density at radius 1 is 1.00 bits per heavy atom. The highest BCUT2D eigenvalue weighted by molar-refractivity contribution is 4.87. The molecule has 0 radical (unpaired) electrons. The third-order valence-corrected chi connectivity index (χ3v) is 1.55. The van der Waals surface area contributed by atoms with Gasteiger partial charge in [-0.1, -0.05) is 0 Å². The first-order chi connectivity index (χ1) is 6.94. The average Bonchev–Trinajstić information content (AvgIpc) is 1.98. The fourth-order valence-corrected chi connectivity index (χ4v) is 0.894. The summed E-state index contributed by atoms with van der Waals surface area (Å²) < 4.78 is 100. The third kappa shape index (κ3) is 3.76. The summed E-state index contributed by atoms with van der Waals surface area (Å²) in [4.78, 5) is 0. The van der Waals surface area contributed by atoms with Gasteiger partial charge in [0.15, 0.2) is 6.17 Å². The van der Waals surface area contributed by atoms with Crippen molar-refractivity contribution in [3.63, 3.8) is 0 Å². The molecule has 0 saturated heterocycles. The van der Waals surface area contributed by atoms with E-state index in [0.29, 0.717) is 0 Å². The fourth-order valence-electron chi connectivity index (χ4n) is 0.894. The summed E-state index contributed by atoms with van der Waals surface area (Å²) in [6.45, 7) is -0.00529. The minimum Gasteiger partial charge on any atom is -0.337 e. The van der Waals surface area contributed by atoms with Gasteiger partial charge in [-0.15, -0.1) is 0 Å². The molecule has 0 N–H and O–H groups in total. The predicted octanol–water partition coefficient (Wildman–Crippen LogP) is 3.54. The highest BCUT2D eigenvalue weighted by Gasteiger charge is 2.64. The second-order valence-corrected chi connectivity index (χ2v) is 2.86. The number of ether oxygens (including phenoxy) is 1. The normalized spacial score (nSPS) is 19.3. The summed E-state index contributed by atoms with van der Waals surface area (Å²) >= 11 is 0. The second kappa shape index (κ2) is 4.72. The maximum atomic E-state index is 13.0. The monoisotopic (exact) mass is 260 g/mol. The van der Waals surface area contributed by atoms with Crippen molar-refractivity contribution in [2.75, 3.05) is 6.61 Å². The van der Waals surface area contributed by atoms with Gasteiger partial charge in [-0.3, -0.25) is 0 Å². The van der Waals surface area contributed by atoms with E-state index in [4.69, 9.17) is 0 Å². The molecule has 2 atom stereocenters. The Labute approximate surface area is 85.4 Å². The van der Waals surface area contributed by atoms with Gasteiger partial charge >= 0.3 is 18.2 Å². The van der Waals surface area contributed by atoms with Gasteiger partial charge in [0.05, 0.1) is 6.42 Å². The van der Waals surface area contributed by atoms with E-state index in [2.05, 4.69) is 4.74 Å². The van der Waals surface area contributed by atoms with E-state index < -0.39 is 37.4 Å². The van der Waals surface area contributed by atoms with Crippen LogP contribution in [0.1, 0.15) is 13.3 Å². The van der Waals surface area contributed by atoms with Gasteiger partial charge < -0.3 is 4.74 Å². The van der Waals surface area contributed by atoms with Crippen molar-refractivity contribution < 1.29 is 39.9 Å². The fraction of sp³-hybridized carbons (Fsp3) is 1.00. The Hall–Kier alpha value is -0.600. The van der Waals surface area contributed by atoms with Crippen LogP contribution in [0, 0.1) is 0 Å². The number of halogens is 8. The summed E-state index contributed by atoms with van der Waals surface area (Å²) in [5.74, 6) is -4.93. The minimum atomic E-state index is -5.87. The molecule has 0 aromatic rings. The molecule has 0 aliphatic carbocycles. The highest BCUT2D eigenvalue weighted by atomic mass is 19.4. The molecule has 0 heterocycles. The van der Waals surface area contributed by atoms with E-state index in [9.17, 15) is 35.1 Å². The summed E-state index contributed by atoms with van der Waals surface area (Å²) in [7, 11) is 0. The van der Waals surface area contributed by atoms with Gasteiger partial charge in [0.25, 0.3) is 0 Å². The maximum Gasteiger partial charge on any atom is 0.451 e. The summed E-state index contributed by atoms with van der Waals surface area (Å²) in [5, 5.41) is 0. The zero-order valence-corrected chi connectivity index (χ0v) is 7.92. The number of rotatable bonds is 4. The van der Waals surface area contributed by atoms with Crippen molar-refractivity contribution >= 4 is 0 Å². The lowest BCUT2D eigenvalue weighted by Crippen LogP contribution is -2.52. The Kier molecular flexibility index (Phi) is 4.55. The van der Waals surface area contributed by atoms with Crippen LogP contribution in [0.2, 0.25) is 0 Å². The SMILES string of the molecule is CCOC(F)(C(F)CC(F)(F)F)C(F)(F)F. The quantitative estimate of drug-likeness (QED) is 0.702. The first-order valence-corrected chi connectivity index (χ1v) is 4.04. The largest absolute Gasteiger partial charge is 0.451 e. The first-order valence-electron chi connectivity index (χ1n) is 4.04. The molecule has 0 aliphatic heterocycles. The Morgan fingerprint density at radius 2 is 1.44 bits per heavy atom. The second-order valence-electron chi connectivity index (χ2n) is 2.86. The van der Waals surface area contributed by atoms with E-state index >= 15 is 0 Å². The molecular weight excluding hydrogens is 252 g/mol. The van der Waals surface area contributed by atoms with E-state index in [0.717, 1.165) is 6.92 Å². The van der Waals surface area contributed by atoms with Gasteiger partial charge in [-0.05, 0) is 6.92 Å². The van der Waals surface area contributed by atoms with Crippen LogP contribution < -0.4 is 0 Å². The van der Waals surface area contributed by atoms with Crippen molar-refractivity contribution in [1.82, 2.24) is 0 Å². The van der Waals surface area contributed by atoms with Gasteiger partial charge in [0, 0.05) is 6.61 Å². The van der Waals surface area contributed by atoms with Gasteiger partial charge in [-0.2, -0.15) is 30.7 Å². The standard InChI is InChI=1S/C7H8F8O/c1-2-16-6(12,7(13,14)15)4(8)3-5(9,10)11/h4H,2-3H2,1H3. The predicted molar refractivity (Wildman–Crippen MR) is 37.1 cm³/mol. The van der Waals surface area contributed by atoms with Crippen molar-refractivity contribution in [3.05, 3.63) is 0 Å². The van der Waals surface area contributed by atoms with Crippen LogP contribution in [0.15, 0.2) is 0 Å². The van der Waals surface area contributed by atoms with Crippen molar-refractivity contribution in [2.24, 2.45) is 0 Å². The zero-order valence-electron chi connectivity index (χ0n) is 7.92. The first kappa shape index (κ1) is 15.4. The Morgan fingerprint density at radius 3 is 1.69 bits per heavy atom. The lowest BCUT2D eigenvalue weighted by Gasteiger charge is -2.30. The molecule has 1 nitrogen and oxygen atoms in total. The zero-order chi connectivity index (χ0) is 13.2. The molecule has 0 aromatic carbocycles. The number of hydrogen-bond acceptors (Lipinski definition) is 1. The Balaban J connectivity index is 4.92. The van der Waals surface area contributed by atoms with Gasteiger partial charge in [-0.25, -0.2) is 4.39 Å². The van der Waals surface area contributed by atoms with E-state index in [-0.39, 0.29) is 0 Å². The summed E-state index contributed by atoms with van der Waals surface area (Å²) in [6, 6.07) is 0.